The zero-order valence-corrected chi connectivity index (χ0v) is 12.9. The second-order valence-electron chi connectivity index (χ2n) is 4.97. The number of ether oxygens (including phenoxy) is 1. The van der Waals surface area contributed by atoms with Crippen molar-refractivity contribution in [2.24, 2.45) is 0 Å². The smallest absolute Gasteiger partial charge is 0.405 e. The quantitative estimate of drug-likeness (QED) is 0.864. The number of hydrogen-bond acceptors (Lipinski definition) is 2. The lowest BCUT2D eigenvalue weighted by atomic mass is 10.2. The summed E-state index contributed by atoms with van der Waals surface area (Å²) in [6, 6.07) is 5.52. The number of nitrogens with one attached hydrogen (secondary N) is 1. The molecule has 0 aromatic heterocycles. The van der Waals surface area contributed by atoms with E-state index in [-0.39, 0.29) is 24.4 Å². The summed E-state index contributed by atoms with van der Waals surface area (Å²) in [6.45, 7) is 3.94. The third-order valence-corrected chi connectivity index (χ3v) is 3.27. The molecule has 0 bridgehead atoms. The molecule has 0 fully saturated rings. The molecule has 0 aliphatic rings. The maximum absolute atomic E-state index is 12.4. The van der Waals surface area contributed by atoms with Gasteiger partial charge in [0, 0.05) is 18.7 Å². The fourth-order valence-corrected chi connectivity index (χ4v) is 1.96. The Labute approximate surface area is 128 Å². The number of urea groups is 1. The van der Waals surface area contributed by atoms with Crippen molar-refractivity contribution < 1.29 is 22.7 Å². The van der Waals surface area contributed by atoms with Crippen molar-refractivity contribution in [3.8, 4) is 5.75 Å². The van der Waals surface area contributed by atoms with Gasteiger partial charge in [0.15, 0.2) is 0 Å². The van der Waals surface area contributed by atoms with Crippen LogP contribution in [0.15, 0.2) is 24.3 Å². The minimum absolute atomic E-state index is 0.0260. The molecule has 0 heterocycles. The lowest BCUT2D eigenvalue weighted by Crippen LogP contribution is -2.42. The summed E-state index contributed by atoms with van der Waals surface area (Å²) in [7, 11) is 1.53. The number of para-hydroxylation sites is 1. The number of benzene rings is 1. The van der Waals surface area contributed by atoms with Gasteiger partial charge < -0.3 is 15.0 Å². The first kappa shape index (κ1) is 18.1. The summed E-state index contributed by atoms with van der Waals surface area (Å²) in [5.74, 6) is -0.294. The van der Waals surface area contributed by atoms with E-state index >= 15 is 0 Å². The first-order valence-corrected chi connectivity index (χ1v) is 7.12. The fourth-order valence-electron chi connectivity index (χ4n) is 1.96. The van der Waals surface area contributed by atoms with Crippen molar-refractivity contribution >= 4 is 6.03 Å². The molecule has 0 saturated carbocycles. The van der Waals surface area contributed by atoms with Crippen LogP contribution in [-0.2, 0) is 6.54 Å². The van der Waals surface area contributed by atoms with Crippen molar-refractivity contribution in [1.82, 2.24) is 10.2 Å². The van der Waals surface area contributed by atoms with Crippen LogP contribution in [0.2, 0.25) is 0 Å². The molecule has 1 aromatic rings. The topological polar surface area (TPSA) is 41.6 Å². The highest BCUT2D eigenvalue weighted by Gasteiger charge is 2.32. The molecule has 1 rings (SSSR count). The summed E-state index contributed by atoms with van der Waals surface area (Å²) in [5.41, 5.74) is 0.294. The lowest BCUT2D eigenvalue weighted by Gasteiger charge is -2.23. The Morgan fingerprint density at radius 1 is 1.27 bits per heavy atom. The average Bonchev–Trinajstić information content (AvgIpc) is 2.44. The SMILES string of the molecule is CCC(CC)NC(=O)N(C)Cc1ccccc1OC(F)(F)F. The molecule has 0 unspecified atom stereocenters. The van der Waals surface area contributed by atoms with Gasteiger partial charge in [0.2, 0.25) is 0 Å². The van der Waals surface area contributed by atoms with Crippen LogP contribution < -0.4 is 10.1 Å². The Hall–Kier alpha value is -1.92. The highest BCUT2D eigenvalue weighted by atomic mass is 19.4. The van der Waals surface area contributed by atoms with Crippen LogP contribution in [0.5, 0.6) is 5.75 Å². The molecule has 0 aliphatic heterocycles. The van der Waals surface area contributed by atoms with Crippen LogP contribution in [0, 0.1) is 0 Å². The molecule has 0 aliphatic carbocycles. The predicted octanol–water partition coefficient (Wildman–Crippen LogP) is 3.92. The third kappa shape index (κ3) is 5.83. The second kappa shape index (κ2) is 7.91. The minimum Gasteiger partial charge on any atom is -0.405 e. The number of hydrogen-bond donors (Lipinski definition) is 1. The second-order valence-corrected chi connectivity index (χ2v) is 4.97. The maximum atomic E-state index is 12.4. The van der Waals surface area contributed by atoms with Gasteiger partial charge in [0.1, 0.15) is 5.75 Å². The van der Waals surface area contributed by atoms with Gasteiger partial charge in [-0.1, -0.05) is 32.0 Å². The Morgan fingerprint density at radius 3 is 2.41 bits per heavy atom. The molecule has 1 N–H and O–H groups in total. The molecule has 4 nitrogen and oxygen atoms in total. The predicted molar refractivity (Wildman–Crippen MR) is 77.5 cm³/mol. The lowest BCUT2D eigenvalue weighted by molar-refractivity contribution is -0.274. The standard InChI is InChI=1S/C15H21F3N2O2/c1-4-12(5-2)19-14(21)20(3)10-11-8-6-7-9-13(11)22-15(16,17)18/h6-9,12H,4-5,10H2,1-3H3,(H,19,21). The monoisotopic (exact) mass is 318 g/mol. The molecule has 2 amide bonds. The van der Waals surface area contributed by atoms with Crippen LogP contribution in [0.25, 0.3) is 0 Å². The first-order valence-electron chi connectivity index (χ1n) is 7.12. The maximum Gasteiger partial charge on any atom is 0.573 e. The van der Waals surface area contributed by atoms with Crippen molar-refractivity contribution in [2.75, 3.05) is 7.05 Å². The number of carbonyl (C=O) groups is 1. The van der Waals surface area contributed by atoms with Gasteiger partial charge in [-0.25, -0.2) is 4.79 Å². The number of amides is 2. The highest BCUT2D eigenvalue weighted by Crippen LogP contribution is 2.26. The van der Waals surface area contributed by atoms with E-state index < -0.39 is 6.36 Å². The summed E-state index contributed by atoms with van der Waals surface area (Å²) in [4.78, 5) is 13.4. The van der Waals surface area contributed by atoms with Gasteiger partial charge in [0.05, 0.1) is 6.54 Å². The normalized spacial score (nSPS) is 11.4. The Kier molecular flexibility index (Phi) is 6.52. The van der Waals surface area contributed by atoms with Crippen LogP contribution in [0.1, 0.15) is 32.3 Å². The third-order valence-electron chi connectivity index (χ3n) is 3.27. The van der Waals surface area contributed by atoms with E-state index in [9.17, 15) is 18.0 Å². The molecule has 0 spiro atoms. The zero-order chi connectivity index (χ0) is 16.8. The molecule has 22 heavy (non-hydrogen) atoms. The van der Waals surface area contributed by atoms with Gasteiger partial charge in [-0.3, -0.25) is 0 Å². The van der Waals surface area contributed by atoms with E-state index in [0.717, 1.165) is 12.8 Å². The first-order chi connectivity index (χ1) is 10.3. The number of alkyl halides is 3. The summed E-state index contributed by atoms with van der Waals surface area (Å²) >= 11 is 0. The molecule has 1 aromatic carbocycles. The number of nitrogens with zero attached hydrogens (tertiary/aromatic N) is 1. The summed E-state index contributed by atoms with van der Waals surface area (Å²) in [5, 5.41) is 2.83. The number of halogens is 3. The zero-order valence-electron chi connectivity index (χ0n) is 12.9. The van der Waals surface area contributed by atoms with Crippen molar-refractivity contribution in [3.05, 3.63) is 29.8 Å². The van der Waals surface area contributed by atoms with Crippen LogP contribution in [0.3, 0.4) is 0 Å². The molecular formula is C15H21F3N2O2. The number of rotatable bonds is 6. The van der Waals surface area contributed by atoms with Gasteiger partial charge in [-0.15, -0.1) is 13.2 Å². The Balaban J connectivity index is 2.75. The van der Waals surface area contributed by atoms with Crippen LogP contribution in [-0.4, -0.2) is 30.4 Å². The van der Waals surface area contributed by atoms with Gasteiger partial charge in [0.25, 0.3) is 0 Å². The highest BCUT2D eigenvalue weighted by molar-refractivity contribution is 5.74. The molecular weight excluding hydrogens is 297 g/mol. The molecule has 0 radical (unpaired) electrons. The van der Waals surface area contributed by atoms with E-state index in [2.05, 4.69) is 10.1 Å². The van der Waals surface area contributed by atoms with E-state index in [1.807, 2.05) is 13.8 Å². The van der Waals surface area contributed by atoms with E-state index in [1.165, 1.54) is 30.1 Å². The molecule has 124 valence electrons. The van der Waals surface area contributed by atoms with Crippen molar-refractivity contribution in [3.63, 3.8) is 0 Å². The van der Waals surface area contributed by atoms with E-state index in [1.54, 1.807) is 6.07 Å². The number of carbonyl (C=O) groups excluding carboxylic acids is 1. The van der Waals surface area contributed by atoms with E-state index in [0.29, 0.717) is 5.56 Å². The van der Waals surface area contributed by atoms with Gasteiger partial charge >= 0.3 is 12.4 Å². The Bertz CT molecular complexity index is 488. The average molecular weight is 318 g/mol. The Morgan fingerprint density at radius 2 is 1.86 bits per heavy atom. The van der Waals surface area contributed by atoms with Crippen molar-refractivity contribution in [1.29, 1.82) is 0 Å². The molecule has 0 atom stereocenters. The van der Waals surface area contributed by atoms with Crippen LogP contribution >= 0.6 is 0 Å². The van der Waals surface area contributed by atoms with Gasteiger partial charge in [-0.2, -0.15) is 0 Å². The van der Waals surface area contributed by atoms with Gasteiger partial charge in [-0.05, 0) is 18.9 Å². The van der Waals surface area contributed by atoms with Crippen molar-refractivity contribution in [2.45, 2.75) is 45.6 Å². The largest absolute Gasteiger partial charge is 0.573 e. The fraction of sp³-hybridized carbons (Fsp3) is 0.533. The molecule has 0 saturated heterocycles. The van der Waals surface area contributed by atoms with Crippen LogP contribution in [0.4, 0.5) is 18.0 Å². The summed E-state index contributed by atoms with van der Waals surface area (Å²) in [6.07, 6.45) is -3.17. The van der Waals surface area contributed by atoms with E-state index in [4.69, 9.17) is 0 Å². The molecule has 7 heteroatoms. The minimum atomic E-state index is -4.76. The summed E-state index contributed by atoms with van der Waals surface area (Å²) < 4.78 is 41.1.